The van der Waals surface area contributed by atoms with E-state index in [1.807, 2.05) is 0 Å². The van der Waals surface area contributed by atoms with Gasteiger partial charge in [0.2, 0.25) is 5.13 Å². The van der Waals surface area contributed by atoms with Crippen molar-refractivity contribution in [2.24, 2.45) is 5.92 Å². The van der Waals surface area contributed by atoms with Crippen LogP contribution in [0, 0.1) is 5.92 Å². The highest BCUT2D eigenvalue weighted by Gasteiger charge is 2.15. The van der Waals surface area contributed by atoms with Crippen molar-refractivity contribution in [1.82, 2.24) is 9.36 Å². The van der Waals surface area contributed by atoms with Crippen LogP contribution in [-0.4, -0.2) is 27.1 Å². The number of nitrogens with zero attached hydrogens (tertiary/aromatic N) is 2. The van der Waals surface area contributed by atoms with E-state index >= 15 is 0 Å². The fourth-order valence-corrected chi connectivity index (χ4v) is 2.17. The fraction of sp³-hybridized carbons (Fsp3) is 0.818. The molecule has 0 aliphatic rings. The molecule has 1 atom stereocenters. The summed E-state index contributed by atoms with van der Waals surface area (Å²) in [6, 6.07) is 0.262. The Kier molecular flexibility index (Phi) is 5.15. The number of rotatable bonds is 6. The van der Waals surface area contributed by atoms with Gasteiger partial charge in [0.15, 0.2) is 0 Å². The molecule has 0 spiro atoms. The second-order valence-electron chi connectivity index (χ2n) is 4.62. The summed E-state index contributed by atoms with van der Waals surface area (Å²) in [4.78, 5) is 4.43. The third-order valence-corrected chi connectivity index (χ3v) is 3.17. The maximum atomic E-state index is 8.98. The van der Waals surface area contributed by atoms with E-state index in [0.29, 0.717) is 11.8 Å². The summed E-state index contributed by atoms with van der Waals surface area (Å²) >= 11 is 1.40. The number of nitrogens with one attached hydrogen (secondary N) is 1. The van der Waals surface area contributed by atoms with Crippen LogP contribution in [0.15, 0.2) is 0 Å². The Bertz CT molecular complexity index is 312. The number of aliphatic hydroxyl groups is 1. The fourth-order valence-electron chi connectivity index (χ4n) is 1.40. The van der Waals surface area contributed by atoms with Gasteiger partial charge in [-0.05, 0) is 12.3 Å². The van der Waals surface area contributed by atoms with E-state index in [1.165, 1.54) is 11.5 Å². The number of hydrogen-bond donors (Lipinski definition) is 2. The van der Waals surface area contributed by atoms with Crippen molar-refractivity contribution in [3.05, 3.63) is 5.82 Å². The Morgan fingerprint density at radius 2 is 2.00 bits per heavy atom. The summed E-state index contributed by atoms with van der Waals surface area (Å²) in [6.45, 7) is 8.64. The molecule has 0 aliphatic carbocycles. The van der Waals surface area contributed by atoms with Crippen LogP contribution in [-0.2, 0) is 0 Å². The maximum absolute atomic E-state index is 8.98. The third-order valence-electron chi connectivity index (χ3n) is 2.51. The quantitative estimate of drug-likeness (QED) is 0.806. The molecular weight excluding hydrogens is 222 g/mol. The van der Waals surface area contributed by atoms with Gasteiger partial charge in [0, 0.05) is 30.1 Å². The molecule has 5 heteroatoms. The zero-order valence-corrected chi connectivity index (χ0v) is 11.2. The first-order valence-electron chi connectivity index (χ1n) is 5.75. The molecule has 4 nitrogen and oxygen atoms in total. The highest BCUT2D eigenvalue weighted by molar-refractivity contribution is 7.09. The minimum atomic E-state index is 0.200. The first-order chi connectivity index (χ1) is 7.54. The lowest BCUT2D eigenvalue weighted by Gasteiger charge is -2.20. The number of anilines is 1. The Balaban J connectivity index is 2.62. The highest BCUT2D eigenvalue weighted by atomic mass is 32.1. The minimum absolute atomic E-state index is 0.200. The molecule has 16 heavy (non-hydrogen) atoms. The minimum Gasteiger partial charge on any atom is -0.396 e. The van der Waals surface area contributed by atoms with Crippen molar-refractivity contribution in [1.29, 1.82) is 0 Å². The number of aliphatic hydroxyl groups excluding tert-OH is 1. The molecule has 1 rings (SSSR count). The molecule has 2 N–H and O–H groups in total. The highest BCUT2D eigenvalue weighted by Crippen LogP contribution is 2.20. The van der Waals surface area contributed by atoms with Gasteiger partial charge in [0.05, 0.1) is 0 Å². The van der Waals surface area contributed by atoms with Crippen LogP contribution < -0.4 is 5.32 Å². The van der Waals surface area contributed by atoms with Crippen LogP contribution in [0.2, 0.25) is 0 Å². The molecule has 0 saturated carbocycles. The van der Waals surface area contributed by atoms with Crippen LogP contribution >= 0.6 is 11.5 Å². The maximum Gasteiger partial charge on any atom is 0.202 e. The van der Waals surface area contributed by atoms with Crippen LogP contribution in [0.4, 0.5) is 5.13 Å². The van der Waals surface area contributed by atoms with Crippen molar-refractivity contribution >= 4 is 16.7 Å². The Labute approximate surface area is 101 Å². The molecule has 92 valence electrons. The summed E-state index contributed by atoms with van der Waals surface area (Å²) in [6.07, 6.45) is 0.744. The second kappa shape index (κ2) is 6.15. The van der Waals surface area contributed by atoms with E-state index in [9.17, 15) is 0 Å². The molecule has 0 radical (unpaired) electrons. The van der Waals surface area contributed by atoms with Crippen molar-refractivity contribution in [2.45, 2.75) is 46.1 Å². The van der Waals surface area contributed by atoms with Gasteiger partial charge in [0.1, 0.15) is 5.82 Å². The predicted octanol–water partition coefficient (Wildman–Crippen LogP) is 2.48. The van der Waals surface area contributed by atoms with E-state index in [4.69, 9.17) is 5.11 Å². The average molecular weight is 243 g/mol. The van der Waals surface area contributed by atoms with Gasteiger partial charge in [0.25, 0.3) is 0 Å². The molecule has 0 saturated heterocycles. The van der Waals surface area contributed by atoms with Crippen molar-refractivity contribution in [3.63, 3.8) is 0 Å². The van der Waals surface area contributed by atoms with Gasteiger partial charge in [-0.15, -0.1) is 0 Å². The van der Waals surface area contributed by atoms with E-state index in [-0.39, 0.29) is 12.6 Å². The van der Waals surface area contributed by atoms with E-state index in [0.717, 1.165) is 17.4 Å². The van der Waals surface area contributed by atoms with Gasteiger partial charge in [-0.1, -0.05) is 27.7 Å². The van der Waals surface area contributed by atoms with Gasteiger partial charge in [-0.3, -0.25) is 0 Å². The lowest BCUT2D eigenvalue weighted by atomic mass is 10.0. The SMILES string of the molecule is CC(C)c1nsc(NC(CCO)C(C)C)n1. The average Bonchev–Trinajstić information content (AvgIpc) is 2.65. The van der Waals surface area contributed by atoms with Crippen molar-refractivity contribution in [2.75, 3.05) is 11.9 Å². The predicted molar refractivity (Wildman–Crippen MR) is 67.9 cm³/mol. The Morgan fingerprint density at radius 1 is 1.31 bits per heavy atom. The summed E-state index contributed by atoms with van der Waals surface area (Å²) in [7, 11) is 0. The molecule has 0 aromatic carbocycles. The van der Waals surface area contributed by atoms with Gasteiger partial charge >= 0.3 is 0 Å². The largest absolute Gasteiger partial charge is 0.396 e. The number of hydrogen-bond acceptors (Lipinski definition) is 5. The van der Waals surface area contributed by atoms with Crippen LogP contribution in [0.3, 0.4) is 0 Å². The van der Waals surface area contributed by atoms with Gasteiger partial charge < -0.3 is 10.4 Å². The first kappa shape index (κ1) is 13.4. The summed E-state index contributed by atoms with van der Waals surface area (Å²) < 4.78 is 4.29. The Hall–Kier alpha value is -0.680. The molecule has 1 unspecified atom stereocenters. The van der Waals surface area contributed by atoms with E-state index < -0.39 is 0 Å². The second-order valence-corrected chi connectivity index (χ2v) is 5.37. The van der Waals surface area contributed by atoms with Crippen LogP contribution in [0.25, 0.3) is 0 Å². The lowest BCUT2D eigenvalue weighted by Crippen LogP contribution is -2.26. The monoisotopic (exact) mass is 243 g/mol. The van der Waals surface area contributed by atoms with Crippen molar-refractivity contribution in [3.8, 4) is 0 Å². The summed E-state index contributed by atoms with van der Waals surface area (Å²) in [5, 5.41) is 13.2. The Morgan fingerprint density at radius 3 is 2.44 bits per heavy atom. The molecule has 0 aliphatic heterocycles. The zero-order valence-electron chi connectivity index (χ0n) is 10.4. The molecule has 0 amide bonds. The molecule has 1 heterocycles. The molecule has 1 aromatic rings. The zero-order chi connectivity index (χ0) is 12.1. The van der Waals surface area contributed by atoms with Crippen LogP contribution in [0.1, 0.15) is 45.9 Å². The summed E-state index contributed by atoms with van der Waals surface area (Å²) in [5.41, 5.74) is 0. The first-order valence-corrected chi connectivity index (χ1v) is 6.53. The van der Waals surface area contributed by atoms with Crippen LogP contribution in [0.5, 0.6) is 0 Å². The van der Waals surface area contributed by atoms with Crippen molar-refractivity contribution < 1.29 is 5.11 Å². The normalized spacial score (nSPS) is 13.4. The van der Waals surface area contributed by atoms with E-state index in [1.54, 1.807) is 0 Å². The molecular formula is C11H21N3OS. The van der Waals surface area contributed by atoms with Gasteiger partial charge in [-0.2, -0.15) is 4.37 Å². The topological polar surface area (TPSA) is 58.0 Å². The smallest absolute Gasteiger partial charge is 0.202 e. The lowest BCUT2D eigenvalue weighted by molar-refractivity contribution is 0.267. The standard InChI is InChI=1S/C11H21N3OS/c1-7(2)9(5-6-15)12-11-13-10(8(3)4)14-16-11/h7-9,15H,5-6H2,1-4H3,(H,12,13,14). The van der Waals surface area contributed by atoms with E-state index in [2.05, 4.69) is 42.4 Å². The molecule has 0 bridgehead atoms. The third kappa shape index (κ3) is 3.72. The number of aromatic nitrogens is 2. The van der Waals surface area contributed by atoms with Gasteiger partial charge in [-0.25, -0.2) is 4.98 Å². The summed E-state index contributed by atoms with van der Waals surface area (Å²) in [5.74, 6) is 1.72. The molecule has 1 aromatic heterocycles. The molecule has 0 fully saturated rings.